The number of aryl methyl sites for hydroxylation is 1. The molecular weight excluding hydrogens is 314 g/mol. The van der Waals surface area contributed by atoms with Crippen LogP contribution in [0.3, 0.4) is 0 Å². The summed E-state index contributed by atoms with van der Waals surface area (Å²) in [5, 5.41) is 0. The zero-order valence-electron chi connectivity index (χ0n) is 16.0. The molecule has 0 atom stereocenters. The summed E-state index contributed by atoms with van der Waals surface area (Å²) in [5.74, 6) is 0. The molecule has 1 heteroatoms. The molecule has 3 aromatic rings. The van der Waals surface area contributed by atoms with E-state index in [0.29, 0.717) is 0 Å². The third kappa shape index (κ3) is 3.31. The third-order valence-corrected chi connectivity index (χ3v) is 5.43. The molecule has 0 unspecified atom stereocenters. The number of fused-ring (bicyclic) bond motifs is 1. The second-order valence-corrected chi connectivity index (χ2v) is 8.38. The van der Waals surface area contributed by atoms with E-state index < -0.39 is 0 Å². The van der Waals surface area contributed by atoms with Gasteiger partial charge in [0.15, 0.2) is 0 Å². The van der Waals surface area contributed by atoms with Gasteiger partial charge >= 0.3 is 0 Å². The first-order valence-electron chi connectivity index (χ1n) is 9.71. The highest BCUT2D eigenvalue weighted by Crippen LogP contribution is 2.35. The van der Waals surface area contributed by atoms with E-state index >= 15 is 0 Å². The van der Waals surface area contributed by atoms with Crippen LogP contribution >= 0.6 is 0 Å². The number of benzene rings is 2. The van der Waals surface area contributed by atoms with Gasteiger partial charge in [-0.3, -0.25) is 4.98 Å². The lowest BCUT2D eigenvalue weighted by Gasteiger charge is -2.22. The lowest BCUT2D eigenvalue weighted by molar-refractivity contribution is 0.590. The summed E-state index contributed by atoms with van der Waals surface area (Å²) in [5.41, 5.74) is 9.31. The van der Waals surface area contributed by atoms with Crippen molar-refractivity contribution < 1.29 is 0 Å². The Morgan fingerprint density at radius 3 is 2.15 bits per heavy atom. The van der Waals surface area contributed by atoms with Crippen LogP contribution in [-0.2, 0) is 18.3 Å². The van der Waals surface area contributed by atoms with Gasteiger partial charge in [-0.2, -0.15) is 0 Å². The van der Waals surface area contributed by atoms with E-state index in [1.54, 1.807) is 0 Å². The first-order chi connectivity index (χ1) is 12.5. The molecule has 1 nitrogen and oxygen atoms in total. The van der Waals surface area contributed by atoms with Gasteiger partial charge in [-0.15, -0.1) is 0 Å². The molecule has 0 fully saturated rings. The average molecular weight is 341 g/mol. The zero-order valence-corrected chi connectivity index (χ0v) is 16.0. The molecule has 0 saturated carbocycles. The molecule has 1 aliphatic carbocycles. The molecule has 0 bridgehead atoms. The van der Waals surface area contributed by atoms with E-state index in [2.05, 4.69) is 81.4 Å². The Morgan fingerprint density at radius 1 is 0.769 bits per heavy atom. The van der Waals surface area contributed by atoms with E-state index in [4.69, 9.17) is 4.98 Å². The molecule has 132 valence electrons. The van der Waals surface area contributed by atoms with Gasteiger partial charge < -0.3 is 0 Å². The van der Waals surface area contributed by atoms with Gasteiger partial charge in [0.25, 0.3) is 0 Å². The highest BCUT2D eigenvalue weighted by Gasteiger charge is 2.19. The average Bonchev–Trinajstić information content (AvgIpc) is 2.67. The summed E-state index contributed by atoms with van der Waals surface area (Å²) >= 11 is 0. The van der Waals surface area contributed by atoms with Crippen molar-refractivity contribution in [3.8, 4) is 22.4 Å². The predicted octanol–water partition coefficient (Wildman–Crippen LogP) is 6.59. The van der Waals surface area contributed by atoms with Crippen molar-refractivity contribution >= 4 is 0 Å². The number of aromatic nitrogens is 1. The number of hydrogen-bond acceptors (Lipinski definition) is 1. The number of hydrogen-bond donors (Lipinski definition) is 0. The van der Waals surface area contributed by atoms with Crippen LogP contribution in [0.5, 0.6) is 0 Å². The Labute approximate surface area is 157 Å². The van der Waals surface area contributed by atoms with Gasteiger partial charge in [0.05, 0.1) is 5.69 Å². The SMILES string of the molecule is CC(C)(C)c1ccc(-c2cc(-c3ccccc3)nc3c2CCCC3)cc1. The van der Waals surface area contributed by atoms with Crippen molar-refractivity contribution in [2.75, 3.05) is 0 Å². The fourth-order valence-corrected chi connectivity index (χ4v) is 3.87. The minimum absolute atomic E-state index is 0.186. The maximum atomic E-state index is 5.03. The molecule has 1 aliphatic rings. The summed E-state index contributed by atoms with van der Waals surface area (Å²) in [6, 6.07) is 22.0. The Balaban J connectivity index is 1.84. The molecule has 1 aromatic heterocycles. The van der Waals surface area contributed by atoms with Gasteiger partial charge in [0, 0.05) is 11.3 Å². The van der Waals surface area contributed by atoms with Crippen LogP contribution in [0, 0.1) is 0 Å². The number of rotatable bonds is 2. The van der Waals surface area contributed by atoms with Crippen LogP contribution in [-0.4, -0.2) is 4.98 Å². The fourth-order valence-electron chi connectivity index (χ4n) is 3.87. The van der Waals surface area contributed by atoms with E-state index in [0.717, 1.165) is 18.5 Å². The molecule has 1 heterocycles. The molecule has 0 radical (unpaired) electrons. The Hall–Kier alpha value is -2.41. The molecule has 0 spiro atoms. The van der Waals surface area contributed by atoms with Crippen molar-refractivity contribution in [2.45, 2.75) is 51.9 Å². The van der Waals surface area contributed by atoms with Crippen LogP contribution in [0.15, 0.2) is 60.7 Å². The molecule has 0 aliphatic heterocycles. The highest BCUT2D eigenvalue weighted by atomic mass is 14.7. The molecule has 26 heavy (non-hydrogen) atoms. The summed E-state index contributed by atoms with van der Waals surface area (Å²) in [6.45, 7) is 6.80. The second kappa shape index (κ2) is 6.72. The predicted molar refractivity (Wildman–Crippen MR) is 110 cm³/mol. The lowest BCUT2D eigenvalue weighted by Crippen LogP contribution is -2.11. The van der Waals surface area contributed by atoms with Crippen molar-refractivity contribution in [3.63, 3.8) is 0 Å². The van der Waals surface area contributed by atoms with Crippen molar-refractivity contribution in [3.05, 3.63) is 77.5 Å². The second-order valence-electron chi connectivity index (χ2n) is 8.38. The van der Waals surface area contributed by atoms with Crippen LogP contribution < -0.4 is 0 Å². The quantitative estimate of drug-likeness (QED) is 0.512. The molecular formula is C25H27N. The van der Waals surface area contributed by atoms with Crippen molar-refractivity contribution in [2.24, 2.45) is 0 Å². The van der Waals surface area contributed by atoms with Gasteiger partial charge in [-0.25, -0.2) is 0 Å². The highest BCUT2D eigenvalue weighted by molar-refractivity contribution is 5.74. The van der Waals surface area contributed by atoms with E-state index in [1.165, 1.54) is 46.4 Å². The molecule has 2 aromatic carbocycles. The van der Waals surface area contributed by atoms with Crippen LogP contribution in [0.2, 0.25) is 0 Å². The summed E-state index contributed by atoms with van der Waals surface area (Å²) < 4.78 is 0. The van der Waals surface area contributed by atoms with Crippen LogP contribution in [0.25, 0.3) is 22.4 Å². The van der Waals surface area contributed by atoms with E-state index in [-0.39, 0.29) is 5.41 Å². The maximum absolute atomic E-state index is 5.03. The monoisotopic (exact) mass is 341 g/mol. The largest absolute Gasteiger partial charge is 0.253 e. The zero-order chi connectivity index (χ0) is 18.1. The van der Waals surface area contributed by atoms with Gasteiger partial charge in [-0.1, -0.05) is 75.4 Å². The lowest BCUT2D eigenvalue weighted by atomic mass is 9.84. The maximum Gasteiger partial charge on any atom is 0.0711 e. The molecule has 4 rings (SSSR count). The molecule has 0 amide bonds. The molecule has 0 saturated heterocycles. The van der Waals surface area contributed by atoms with Crippen molar-refractivity contribution in [1.29, 1.82) is 0 Å². The van der Waals surface area contributed by atoms with Gasteiger partial charge in [0.2, 0.25) is 0 Å². The third-order valence-electron chi connectivity index (χ3n) is 5.43. The summed E-state index contributed by atoms with van der Waals surface area (Å²) in [7, 11) is 0. The number of pyridine rings is 1. The standard InChI is InChI=1S/C25H27N/c1-25(2,3)20-15-13-18(14-16-20)22-17-24(19-9-5-4-6-10-19)26-23-12-8-7-11-21(22)23/h4-6,9-10,13-17H,7-8,11-12H2,1-3H3. The van der Waals surface area contributed by atoms with Gasteiger partial charge in [0.1, 0.15) is 0 Å². The Kier molecular flexibility index (Phi) is 4.40. The summed E-state index contributed by atoms with van der Waals surface area (Å²) in [4.78, 5) is 5.03. The van der Waals surface area contributed by atoms with Crippen LogP contribution in [0.4, 0.5) is 0 Å². The van der Waals surface area contributed by atoms with E-state index in [9.17, 15) is 0 Å². The summed E-state index contributed by atoms with van der Waals surface area (Å²) in [6.07, 6.45) is 4.77. The van der Waals surface area contributed by atoms with Crippen molar-refractivity contribution in [1.82, 2.24) is 4.98 Å². The smallest absolute Gasteiger partial charge is 0.0711 e. The number of nitrogens with zero attached hydrogens (tertiary/aromatic N) is 1. The first kappa shape index (κ1) is 17.0. The first-order valence-corrected chi connectivity index (χ1v) is 9.71. The fraction of sp³-hybridized carbons (Fsp3) is 0.320. The topological polar surface area (TPSA) is 12.9 Å². The van der Waals surface area contributed by atoms with E-state index in [1.807, 2.05) is 0 Å². The van der Waals surface area contributed by atoms with Crippen LogP contribution in [0.1, 0.15) is 50.4 Å². The Bertz CT molecular complexity index is 899. The minimum atomic E-state index is 0.186. The molecule has 0 N–H and O–H groups in total. The van der Waals surface area contributed by atoms with Gasteiger partial charge in [-0.05, 0) is 59.4 Å². The normalized spacial score (nSPS) is 14.1. The Morgan fingerprint density at radius 2 is 1.46 bits per heavy atom. The minimum Gasteiger partial charge on any atom is -0.253 e.